The lowest BCUT2D eigenvalue weighted by Gasteiger charge is -2.20. The van der Waals surface area contributed by atoms with Gasteiger partial charge in [-0.2, -0.15) is 0 Å². The van der Waals surface area contributed by atoms with Gasteiger partial charge in [0.25, 0.3) is 0 Å². The Morgan fingerprint density at radius 3 is 0.948 bits per heavy atom. The van der Waals surface area contributed by atoms with Crippen LogP contribution in [0, 0.1) is 0 Å². The van der Waals surface area contributed by atoms with Crippen molar-refractivity contribution in [3.63, 3.8) is 0 Å². The molecule has 0 aromatic carbocycles. The maximum atomic E-state index is 12.4. The van der Waals surface area contributed by atoms with Gasteiger partial charge < -0.3 is 15.5 Å². The van der Waals surface area contributed by atoms with Crippen LogP contribution in [-0.4, -0.2) is 34.9 Å². The van der Waals surface area contributed by atoms with Crippen molar-refractivity contribution in [1.29, 1.82) is 0 Å². The largest absolute Gasteiger partial charge is 0.394 e. The lowest BCUT2D eigenvalue weighted by molar-refractivity contribution is -0.123. The number of hydrogen-bond donors (Lipinski definition) is 3. The zero-order valence-electron chi connectivity index (χ0n) is 39.6. The van der Waals surface area contributed by atoms with E-state index in [0.717, 1.165) is 25.7 Å². The highest BCUT2D eigenvalue weighted by Crippen LogP contribution is 2.17. The molecule has 0 bridgehead atoms. The summed E-state index contributed by atoms with van der Waals surface area (Å²) in [6, 6.07) is -0.620. The first-order valence-corrected chi connectivity index (χ1v) is 26.6. The first-order chi connectivity index (χ1) is 28.7. The lowest BCUT2D eigenvalue weighted by Crippen LogP contribution is -2.45. The van der Waals surface area contributed by atoms with Crippen molar-refractivity contribution < 1.29 is 15.0 Å². The average Bonchev–Trinajstić information content (AvgIpc) is 3.23. The summed E-state index contributed by atoms with van der Waals surface area (Å²) in [5.41, 5.74) is 0. The Morgan fingerprint density at radius 1 is 0.397 bits per heavy atom. The van der Waals surface area contributed by atoms with Gasteiger partial charge in [0.2, 0.25) is 5.91 Å². The van der Waals surface area contributed by atoms with Gasteiger partial charge in [0.15, 0.2) is 0 Å². The van der Waals surface area contributed by atoms with Crippen LogP contribution < -0.4 is 5.32 Å². The van der Waals surface area contributed by atoms with Crippen LogP contribution in [0.5, 0.6) is 0 Å². The molecule has 0 radical (unpaired) electrons. The molecule has 3 N–H and O–H groups in total. The third-order valence-electron chi connectivity index (χ3n) is 12.4. The number of amides is 1. The fourth-order valence-electron chi connectivity index (χ4n) is 8.35. The maximum absolute atomic E-state index is 12.4. The molecule has 4 heteroatoms. The number of hydrogen-bond acceptors (Lipinski definition) is 3. The number of carbonyl (C=O) groups excluding carboxylic acids is 1. The predicted octanol–water partition coefficient (Wildman–Crippen LogP) is 17.1. The van der Waals surface area contributed by atoms with E-state index in [1.54, 1.807) is 6.08 Å². The zero-order valence-corrected chi connectivity index (χ0v) is 39.6. The van der Waals surface area contributed by atoms with E-state index in [0.29, 0.717) is 6.42 Å². The Hall–Kier alpha value is -1.13. The number of aliphatic hydroxyl groups excluding tert-OH is 2. The van der Waals surface area contributed by atoms with Crippen LogP contribution in [0.1, 0.15) is 296 Å². The highest BCUT2D eigenvalue weighted by atomic mass is 16.3. The molecule has 0 rings (SSSR count). The molecule has 0 spiro atoms. The summed E-state index contributed by atoms with van der Waals surface area (Å²) < 4.78 is 0. The van der Waals surface area contributed by atoms with Gasteiger partial charge in [-0.25, -0.2) is 0 Å². The summed E-state index contributed by atoms with van der Waals surface area (Å²) in [7, 11) is 0. The summed E-state index contributed by atoms with van der Waals surface area (Å²) in [4.78, 5) is 12.4. The van der Waals surface area contributed by atoms with E-state index in [1.807, 2.05) is 6.08 Å². The van der Waals surface area contributed by atoms with E-state index in [2.05, 4.69) is 31.3 Å². The fraction of sp³-hybridized carbons (Fsp3) is 0.907. The summed E-state index contributed by atoms with van der Waals surface area (Å²) in [6.45, 7) is 4.34. The van der Waals surface area contributed by atoms with E-state index in [4.69, 9.17) is 0 Å². The molecule has 0 aromatic rings. The first kappa shape index (κ1) is 56.9. The van der Waals surface area contributed by atoms with Crippen molar-refractivity contribution in [2.24, 2.45) is 0 Å². The minimum Gasteiger partial charge on any atom is -0.394 e. The minimum absolute atomic E-state index is 0.0589. The SMILES string of the molecule is CCCCCCCCCC/C=C\CCCCCCCCCCCCCCCCCC(=O)NC(CO)C(O)/C=C/CCCCCCCCCCCCCCCCCCC. The molecule has 4 nitrogen and oxygen atoms in total. The number of carbonyl (C=O) groups is 1. The van der Waals surface area contributed by atoms with E-state index in [-0.39, 0.29) is 12.5 Å². The quantitative estimate of drug-likeness (QED) is 0.0423. The molecular weight excluding hydrogens is 711 g/mol. The molecular formula is C54H105NO3. The van der Waals surface area contributed by atoms with Crippen LogP contribution in [-0.2, 0) is 4.79 Å². The van der Waals surface area contributed by atoms with Crippen LogP contribution >= 0.6 is 0 Å². The highest BCUT2D eigenvalue weighted by Gasteiger charge is 2.18. The summed E-state index contributed by atoms with van der Waals surface area (Å²) in [6.07, 6.45) is 66.1. The molecule has 0 aliphatic heterocycles. The van der Waals surface area contributed by atoms with Crippen molar-refractivity contribution in [2.75, 3.05) is 6.61 Å². The Kier molecular flexibility index (Phi) is 49.2. The van der Waals surface area contributed by atoms with Gasteiger partial charge in [0.05, 0.1) is 18.8 Å². The molecule has 0 aliphatic rings. The number of unbranched alkanes of at least 4 members (excludes halogenated alkanes) is 40. The minimum atomic E-state index is -0.837. The molecule has 344 valence electrons. The second kappa shape index (κ2) is 50.2. The smallest absolute Gasteiger partial charge is 0.220 e. The fourth-order valence-corrected chi connectivity index (χ4v) is 8.35. The van der Waals surface area contributed by atoms with Gasteiger partial charge in [0, 0.05) is 6.42 Å². The predicted molar refractivity (Wildman–Crippen MR) is 258 cm³/mol. The Morgan fingerprint density at radius 2 is 0.655 bits per heavy atom. The van der Waals surface area contributed by atoms with Gasteiger partial charge in [-0.15, -0.1) is 0 Å². The number of nitrogens with one attached hydrogen (secondary N) is 1. The van der Waals surface area contributed by atoms with Crippen molar-refractivity contribution in [3.05, 3.63) is 24.3 Å². The molecule has 58 heavy (non-hydrogen) atoms. The van der Waals surface area contributed by atoms with Gasteiger partial charge in [-0.1, -0.05) is 269 Å². The van der Waals surface area contributed by atoms with E-state index in [9.17, 15) is 15.0 Å². The Labute approximate surface area is 364 Å². The van der Waals surface area contributed by atoms with Gasteiger partial charge in [0.1, 0.15) is 0 Å². The monoisotopic (exact) mass is 816 g/mol. The van der Waals surface area contributed by atoms with Gasteiger partial charge in [-0.3, -0.25) is 4.79 Å². The van der Waals surface area contributed by atoms with Crippen molar-refractivity contribution in [2.45, 2.75) is 309 Å². The van der Waals surface area contributed by atoms with Crippen LogP contribution in [0.3, 0.4) is 0 Å². The average molecular weight is 816 g/mol. The first-order valence-electron chi connectivity index (χ1n) is 26.6. The number of allylic oxidation sites excluding steroid dienone is 3. The zero-order chi connectivity index (χ0) is 42.1. The molecule has 0 aliphatic carbocycles. The molecule has 2 unspecified atom stereocenters. The molecule has 2 atom stereocenters. The van der Waals surface area contributed by atoms with Crippen LogP contribution in [0.2, 0.25) is 0 Å². The van der Waals surface area contributed by atoms with Gasteiger partial charge >= 0.3 is 0 Å². The van der Waals surface area contributed by atoms with Crippen LogP contribution in [0.25, 0.3) is 0 Å². The van der Waals surface area contributed by atoms with E-state index >= 15 is 0 Å². The molecule has 0 heterocycles. The third-order valence-corrected chi connectivity index (χ3v) is 12.4. The second-order valence-corrected chi connectivity index (χ2v) is 18.3. The highest BCUT2D eigenvalue weighted by molar-refractivity contribution is 5.76. The topological polar surface area (TPSA) is 69.6 Å². The number of rotatable bonds is 49. The summed E-state index contributed by atoms with van der Waals surface area (Å²) in [5.74, 6) is -0.0589. The third kappa shape index (κ3) is 45.9. The van der Waals surface area contributed by atoms with Crippen molar-refractivity contribution in [3.8, 4) is 0 Å². The number of aliphatic hydroxyl groups is 2. The van der Waals surface area contributed by atoms with Gasteiger partial charge in [-0.05, 0) is 44.9 Å². The summed E-state index contributed by atoms with van der Waals surface area (Å²) in [5, 5.41) is 23.1. The molecule has 0 fully saturated rings. The van der Waals surface area contributed by atoms with E-state index < -0.39 is 12.1 Å². The van der Waals surface area contributed by atoms with Crippen molar-refractivity contribution in [1.82, 2.24) is 5.32 Å². The standard InChI is InChI=1S/C54H105NO3/c1-3-5-7-9-11-13-15-17-19-21-23-24-25-26-27-28-29-30-32-34-36-38-40-42-44-46-48-50-54(58)55-52(51-56)53(57)49-47-45-43-41-39-37-35-33-31-22-20-18-16-14-12-10-8-6-4-2/h21,23,47,49,52-53,56-57H,3-20,22,24-46,48,50-51H2,1-2H3,(H,55,58)/b23-21-,49-47+. The maximum Gasteiger partial charge on any atom is 0.220 e. The Bertz CT molecular complexity index is 840. The summed E-state index contributed by atoms with van der Waals surface area (Å²) >= 11 is 0. The van der Waals surface area contributed by atoms with Crippen LogP contribution in [0.4, 0.5) is 0 Å². The molecule has 0 aromatic heterocycles. The second-order valence-electron chi connectivity index (χ2n) is 18.3. The molecule has 0 saturated heterocycles. The Balaban J connectivity index is 3.47. The lowest BCUT2D eigenvalue weighted by atomic mass is 10.0. The van der Waals surface area contributed by atoms with Crippen molar-refractivity contribution >= 4 is 5.91 Å². The van der Waals surface area contributed by atoms with Crippen LogP contribution in [0.15, 0.2) is 24.3 Å². The molecule has 1 amide bonds. The normalized spacial score (nSPS) is 13.0. The molecule has 0 saturated carbocycles. The van der Waals surface area contributed by atoms with E-state index in [1.165, 1.54) is 250 Å².